The largest absolute Gasteiger partial charge is 0.489 e. The van der Waals surface area contributed by atoms with Crippen molar-refractivity contribution in [3.05, 3.63) is 48.5 Å². The smallest absolute Gasteiger partial charge is 0.262 e. The van der Waals surface area contributed by atoms with Gasteiger partial charge in [0.25, 0.3) is 10.0 Å². The number of nitrogens with one attached hydrogen (secondary N) is 1. The molecule has 2 aromatic rings. The van der Waals surface area contributed by atoms with Crippen molar-refractivity contribution in [2.75, 3.05) is 14.8 Å². The van der Waals surface area contributed by atoms with Crippen LogP contribution >= 0.6 is 0 Å². The zero-order chi connectivity index (χ0) is 22.3. The molecule has 1 heterocycles. The quantitative estimate of drug-likeness (QED) is 0.722. The number of hydrogen-bond donors (Lipinski definition) is 1. The predicted octanol–water partition coefficient (Wildman–Crippen LogP) is 2.98. The standard InChI is InChI=1S/C20H24N2O6S2/c1-14(2)28-18-8-6-5-7-17(18)21-30(26,27)16-11-9-15(10-12-16)22-19(23)20(3,4)13-29(22,24)25/h5-12,14,21H,13H2,1-4H3. The second-order valence-electron chi connectivity index (χ2n) is 7.97. The van der Waals surface area contributed by atoms with Crippen molar-refractivity contribution >= 4 is 37.3 Å². The Labute approximate surface area is 177 Å². The predicted molar refractivity (Wildman–Crippen MR) is 115 cm³/mol. The fraction of sp³-hybridized carbons (Fsp3) is 0.350. The summed E-state index contributed by atoms with van der Waals surface area (Å²) in [4.78, 5) is 12.4. The summed E-state index contributed by atoms with van der Waals surface area (Å²) in [6, 6.07) is 11.8. The van der Waals surface area contributed by atoms with Crippen molar-refractivity contribution in [2.24, 2.45) is 5.41 Å². The van der Waals surface area contributed by atoms with Crippen molar-refractivity contribution < 1.29 is 26.4 Å². The van der Waals surface area contributed by atoms with Crippen LogP contribution in [0.2, 0.25) is 0 Å². The van der Waals surface area contributed by atoms with Gasteiger partial charge in [0.15, 0.2) is 0 Å². The van der Waals surface area contributed by atoms with E-state index in [0.717, 1.165) is 4.31 Å². The van der Waals surface area contributed by atoms with Gasteiger partial charge < -0.3 is 4.74 Å². The van der Waals surface area contributed by atoms with Gasteiger partial charge in [-0.25, -0.2) is 21.1 Å². The molecule has 0 radical (unpaired) electrons. The number of para-hydroxylation sites is 2. The van der Waals surface area contributed by atoms with Crippen molar-refractivity contribution in [2.45, 2.75) is 38.7 Å². The van der Waals surface area contributed by atoms with Crippen LogP contribution in [0.5, 0.6) is 5.75 Å². The molecule has 0 aliphatic carbocycles. The number of carbonyl (C=O) groups is 1. The molecule has 3 rings (SSSR count). The molecule has 0 saturated carbocycles. The Morgan fingerprint density at radius 3 is 2.20 bits per heavy atom. The Kier molecular flexibility index (Phi) is 5.59. The van der Waals surface area contributed by atoms with E-state index in [-0.39, 0.29) is 28.1 Å². The maximum absolute atomic E-state index is 12.8. The number of benzene rings is 2. The number of amides is 1. The number of sulfonamides is 2. The van der Waals surface area contributed by atoms with Gasteiger partial charge in [0.2, 0.25) is 15.9 Å². The van der Waals surface area contributed by atoms with Crippen LogP contribution in [0, 0.1) is 5.41 Å². The van der Waals surface area contributed by atoms with Gasteiger partial charge in [-0.15, -0.1) is 0 Å². The monoisotopic (exact) mass is 452 g/mol. The number of hydrogen-bond acceptors (Lipinski definition) is 6. The van der Waals surface area contributed by atoms with E-state index in [1.165, 1.54) is 24.3 Å². The SMILES string of the molecule is CC(C)Oc1ccccc1NS(=O)(=O)c1ccc(N2C(=O)C(C)(C)CS2(=O)=O)cc1. The molecule has 1 aliphatic heterocycles. The summed E-state index contributed by atoms with van der Waals surface area (Å²) < 4.78 is 59.3. The molecule has 1 saturated heterocycles. The first-order valence-corrected chi connectivity index (χ1v) is 12.4. The molecule has 1 amide bonds. The Balaban J connectivity index is 1.89. The molecule has 1 fully saturated rings. The number of carbonyl (C=O) groups excluding carboxylic acids is 1. The van der Waals surface area contributed by atoms with Gasteiger partial charge in [-0.3, -0.25) is 9.52 Å². The van der Waals surface area contributed by atoms with Gasteiger partial charge in [-0.1, -0.05) is 12.1 Å². The first kappa shape index (κ1) is 22.1. The molecule has 1 N–H and O–H groups in total. The summed E-state index contributed by atoms with van der Waals surface area (Å²) in [7, 11) is -7.77. The highest BCUT2D eigenvalue weighted by Gasteiger charge is 2.49. The van der Waals surface area contributed by atoms with Crippen LogP contribution in [0.25, 0.3) is 0 Å². The van der Waals surface area contributed by atoms with E-state index in [2.05, 4.69) is 4.72 Å². The van der Waals surface area contributed by atoms with Crippen LogP contribution < -0.4 is 13.8 Å². The van der Waals surface area contributed by atoms with Crippen molar-refractivity contribution in [1.29, 1.82) is 0 Å². The molecule has 1 aliphatic rings. The van der Waals surface area contributed by atoms with E-state index in [0.29, 0.717) is 5.75 Å². The van der Waals surface area contributed by atoms with Crippen LogP contribution in [0.3, 0.4) is 0 Å². The Morgan fingerprint density at radius 2 is 1.67 bits per heavy atom. The zero-order valence-electron chi connectivity index (χ0n) is 17.1. The molecule has 2 aromatic carbocycles. The van der Waals surface area contributed by atoms with E-state index >= 15 is 0 Å². The lowest BCUT2D eigenvalue weighted by molar-refractivity contribution is -0.123. The van der Waals surface area contributed by atoms with E-state index in [1.54, 1.807) is 38.1 Å². The third-order valence-corrected chi connectivity index (χ3v) is 7.86. The van der Waals surface area contributed by atoms with E-state index in [1.807, 2.05) is 13.8 Å². The maximum atomic E-state index is 12.8. The molecular weight excluding hydrogens is 428 g/mol. The normalized spacial score (nSPS) is 17.9. The van der Waals surface area contributed by atoms with E-state index < -0.39 is 31.4 Å². The highest BCUT2D eigenvalue weighted by atomic mass is 32.2. The summed E-state index contributed by atoms with van der Waals surface area (Å²) in [6.45, 7) is 6.79. The minimum Gasteiger partial charge on any atom is -0.489 e. The average Bonchev–Trinajstić information content (AvgIpc) is 2.79. The van der Waals surface area contributed by atoms with Crippen molar-refractivity contribution in [3.8, 4) is 5.75 Å². The zero-order valence-corrected chi connectivity index (χ0v) is 18.7. The summed E-state index contributed by atoms with van der Waals surface area (Å²) in [6.07, 6.45) is -0.140. The van der Waals surface area contributed by atoms with Crippen LogP contribution in [-0.4, -0.2) is 34.6 Å². The Hall–Kier alpha value is -2.59. The van der Waals surface area contributed by atoms with Crippen molar-refractivity contribution in [3.63, 3.8) is 0 Å². The highest BCUT2D eigenvalue weighted by molar-refractivity contribution is 7.94. The number of rotatable bonds is 6. The van der Waals surface area contributed by atoms with Gasteiger partial charge >= 0.3 is 0 Å². The van der Waals surface area contributed by atoms with Gasteiger partial charge in [-0.2, -0.15) is 0 Å². The van der Waals surface area contributed by atoms with Gasteiger partial charge in [0, 0.05) is 0 Å². The Bertz CT molecular complexity index is 1170. The molecule has 162 valence electrons. The minimum atomic E-state index is -3.96. The third-order valence-electron chi connectivity index (χ3n) is 4.46. The number of ether oxygens (including phenoxy) is 1. The topological polar surface area (TPSA) is 110 Å². The van der Waals surface area contributed by atoms with Crippen LogP contribution in [0.15, 0.2) is 53.4 Å². The fourth-order valence-corrected chi connectivity index (χ4v) is 6.31. The lowest BCUT2D eigenvalue weighted by Crippen LogP contribution is -2.32. The second-order valence-corrected chi connectivity index (χ2v) is 11.5. The second kappa shape index (κ2) is 7.59. The third kappa shape index (κ3) is 4.29. The first-order chi connectivity index (χ1) is 13.8. The maximum Gasteiger partial charge on any atom is 0.262 e. The average molecular weight is 453 g/mol. The summed E-state index contributed by atoms with van der Waals surface area (Å²) in [5, 5.41) is 0. The fourth-order valence-electron chi connectivity index (χ4n) is 3.13. The van der Waals surface area contributed by atoms with Crippen molar-refractivity contribution in [1.82, 2.24) is 0 Å². The van der Waals surface area contributed by atoms with Gasteiger partial charge in [0.1, 0.15) is 5.75 Å². The summed E-state index contributed by atoms with van der Waals surface area (Å²) in [5.74, 6) is -0.452. The molecule has 30 heavy (non-hydrogen) atoms. The summed E-state index contributed by atoms with van der Waals surface area (Å²) >= 11 is 0. The molecule has 0 unspecified atom stereocenters. The Morgan fingerprint density at radius 1 is 1.07 bits per heavy atom. The highest BCUT2D eigenvalue weighted by Crippen LogP contribution is 2.36. The molecule has 0 spiro atoms. The minimum absolute atomic E-state index is 0.0751. The lowest BCUT2D eigenvalue weighted by Gasteiger charge is -2.18. The molecule has 0 atom stereocenters. The van der Waals surface area contributed by atoms with Crippen LogP contribution in [0.1, 0.15) is 27.7 Å². The van der Waals surface area contributed by atoms with Gasteiger partial charge in [0.05, 0.1) is 33.5 Å². The summed E-state index contributed by atoms with van der Waals surface area (Å²) in [5.41, 5.74) is -0.645. The lowest BCUT2D eigenvalue weighted by atomic mass is 9.95. The van der Waals surface area contributed by atoms with Crippen LogP contribution in [0.4, 0.5) is 11.4 Å². The first-order valence-electron chi connectivity index (χ1n) is 9.29. The molecular formula is C20H24N2O6S2. The van der Waals surface area contributed by atoms with E-state index in [9.17, 15) is 21.6 Å². The molecule has 0 aromatic heterocycles. The molecule has 0 bridgehead atoms. The molecule has 10 heteroatoms. The number of nitrogens with zero attached hydrogens (tertiary/aromatic N) is 1. The van der Waals surface area contributed by atoms with Gasteiger partial charge in [-0.05, 0) is 64.1 Å². The number of anilines is 2. The van der Waals surface area contributed by atoms with Crippen LogP contribution in [-0.2, 0) is 24.8 Å². The molecule has 8 nitrogen and oxygen atoms in total. The van der Waals surface area contributed by atoms with E-state index in [4.69, 9.17) is 4.74 Å².